The molecule has 0 radical (unpaired) electrons. The Kier molecular flexibility index (Phi) is 9.17. The van der Waals surface area contributed by atoms with Crippen molar-refractivity contribution in [2.24, 2.45) is 5.73 Å². The first-order chi connectivity index (χ1) is 12.3. The van der Waals surface area contributed by atoms with Crippen molar-refractivity contribution >= 4 is 35.6 Å². The van der Waals surface area contributed by atoms with E-state index in [1.54, 1.807) is 18.2 Å². The number of primary amides is 1. The number of nitrogens with two attached hydrogens (primary N) is 1. The molecule has 4 N–H and O–H groups in total. The number of benzene rings is 1. The van der Waals surface area contributed by atoms with Crippen LogP contribution < -0.4 is 16.4 Å². The zero-order valence-corrected chi connectivity index (χ0v) is 15.3. The average Bonchev–Trinajstić information content (AvgIpc) is 2.59. The number of urea groups is 1. The summed E-state index contributed by atoms with van der Waals surface area (Å²) in [7, 11) is 1.54. The summed E-state index contributed by atoms with van der Waals surface area (Å²) in [6.45, 7) is 2.12. The van der Waals surface area contributed by atoms with E-state index in [4.69, 9.17) is 15.2 Å². The number of ether oxygens (including phenoxy) is 2. The molecular formula is C16H21N3O6S. The van der Waals surface area contributed by atoms with Crippen LogP contribution in [0.4, 0.5) is 4.79 Å². The SMILES string of the molecule is COCCNC(=O)CSc1ccccc1C(=O)OC(C)C(=O)NC(N)=O. The number of carbonyl (C=O) groups is 4. The van der Waals surface area contributed by atoms with Gasteiger partial charge in [0.25, 0.3) is 5.91 Å². The summed E-state index contributed by atoms with van der Waals surface area (Å²) >= 11 is 1.16. The van der Waals surface area contributed by atoms with E-state index in [-0.39, 0.29) is 17.2 Å². The van der Waals surface area contributed by atoms with Crippen molar-refractivity contribution in [1.29, 1.82) is 0 Å². The van der Waals surface area contributed by atoms with Crippen molar-refractivity contribution in [3.63, 3.8) is 0 Å². The van der Waals surface area contributed by atoms with Gasteiger partial charge in [0, 0.05) is 18.6 Å². The number of thioether (sulfide) groups is 1. The summed E-state index contributed by atoms with van der Waals surface area (Å²) in [5.74, 6) is -1.68. The normalized spacial score (nSPS) is 11.3. The first-order valence-electron chi connectivity index (χ1n) is 7.64. The molecule has 0 aliphatic heterocycles. The van der Waals surface area contributed by atoms with E-state index in [2.05, 4.69) is 5.32 Å². The Morgan fingerprint density at radius 1 is 1.23 bits per heavy atom. The third-order valence-electron chi connectivity index (χ3n) is 2.99. The van der Waals surface area contributed by atoms with Gasteiger partial charge in [-0.25, -0.2) is 9.59 Å². The fourth-order valence-electron chi connectivity index (χ4n) is 1.75. The maximum absolute atomic E-state index is 12.3. The fourth-order valence-corrected chi connectivity index (χ4v) is 2.62. The lowest BCUT2D eigenvalue weighted by molar-refractivity contribution is -0.127. The lowest BCUT2D eigenvalue weighted by Gasteiger charge is -2.14. The highest BCUT2D eigenvalue weighted by Crippen LogP contribution is 2.23. The molecule has 0 heterocycles. The molecule has 9 nitrogen and oxygen atoms in total. The molecule has 0 saturated heterocycles. The number of imide groups is 1. The van der Waals surface area contributed by atoms with Gasteiger partial charge in [-0.05, 0) is 19.1 Å². The van der Waals surface area contributed by atoms with Gasteiger partial charge >= 0.3 is 12.0 Å². The molecule has 1 aromatic carbocycles. The second-order valence-corrected chi connectivity index (χ2v) is 6.05. The van der Waals surface area contributed by atoms with Crippen LogP contribution in [0.15, 0.2) is 29.2 Å². The molecule has 4 amide bonds. The molecule has 0 fully saturated rings. The van der Waals surface area contributed by atoms with E-state index in [1.165, 1.54) is 20.1 Å². The van der Waals surface area contributed by atoms with Crippen LogP contribution in [0.5, 0.6) is 0 Å². The smallest absolute Gasteiger partial charge is 0.340 e. The largest absolute Gasteiger partial charge is 0.449 e. The third-order valence-corrected chi connectivity index (χ3v) is 4.07. The van der Waals surface area contributed by atoms with E-state index in [1.807, 2.05) is 5.32 Å². The molecule has 26 heavy (non-hydrogen) atoms. The molecule has 10 heteroatoms. The topological polar surface area (TPSA) is 137 Å². The van der Waals surface area contributed by atoms with Crippen molar-refractivity contribution < 1.29 is 28.7 Å². The molecule has 1 aromatic rings. The minimum atomic E-state index is -1.20. The highest BCUT2D eigenvalue weighted by molar-refractivity contribution is 8.00. The van der Waals surface area contributed by atoms with Gasteiger partial charge < -0.3 is 20.5 Å². The van der Waals surface area contributed by atoms with Gasteiger partial charge in [-0.2, -0.15) is 0 Å². The van der Waals surface area contributed by atoms with Crippen molar-refractivity contribution in [2.75, 3.05) is 26.0 Å². The standard InChI is InChI=1S/C16H21N3O6S/c1-10(14(21)19-16(17)23)25-15(22)11-5-3-4-6-12(11)26-9-13(20)18-7-8-24-2/h3-6,10H,7-9H2,1-2H3,(H,18,20)(H3,17,19,21,23). The van der Waals surface area contributed by atoms with E-state index in [9.17, 15) is 19.2 Å². The van der Waals surface area contributed by atoms with Crippen molar-refractivity contribution in [3.8, 4) is 0 Å². The molecule has 0 bridgehead atoms. The van der Waals surface area contributed by atoms with Crippen molar-refractivity contribution in [1.82, 2.24) is 10.6 Å². The number of rotatable bonds is 9. The van der Waals surface area contributed by atoms with Gasteiger partial charge in [0.15, 0.2) is 6.10 Å². The molecule has 1 unspecified atom stereocenters. The van der Waals surface area contributed by atoms with Crippen LogP contribution in [0.25, 0.3) is 0 Å². The Hall–Kier alpha value is -2.59. The highest BCUT2D eigenvalue weighted by atomic mass is 32.2. The van der Waals surface area contributed by atoms with E-state index in [0.29, 0.717) is 18.0 Å². The molecule has 0 saturated carbocycles. The number of hydrogen-bond acceptors (Lipinski definition) is 7. The minimum absolute atomic E-state index is 0.103. The monoisotopic (exact) mass is 383 g/mol. The summed E-state index contributed by atoms with van der Waals surface area (Å²) in [5, 5.41) is 4.50. The molecule has 1 atom stereocenters. The van der Waals surface area contributed by atoms with E-state index >= 15 is 0 Å². The van der Waals surface area contributed by atoms with Crippen LogP contribution in [-0.2, 0) is 19.1 Å². The first-order valence-corrected chi connectivity index (χ1v) is 8.62. The second-order valence-electron chi connectivity index (χ2n) is 5.03. The molecule has 1 rings (SSSR count). The maximum atomic E-state index is 12.3. The highest BCUT2D eigenvalue weighted by Gasteiger charge is 2.21. The lowest BCUT2D eigenvalue weighted by atomic mass is 10.2. The Morgan fingerprint density at radius 2 is 1.92 bits per heavy atom. The Labute approximate surface area is 155 Å². The van der Waals surface area contributed by atoms with Crippen LogP contribution in [0, 0.1) is 0 Å². The summed E-state index contributed by atoms with van der Waals surface area (Å²) < 4.78 is 9.88. The maximum Gasteiger partial charge on any atom is 0.340 e. The lowest BCUT2D eigenvalue weighted by Crippen LogP contribution is -2.42. The number of nitrogens with one attached hydrogen (secondary N) is 2. The van der Waals surface area contributed by atoms with Crippen molar-refractivity contribution in [3.05, 3.63) is 29.8 Å². The summed E-state index contributed by atoms with van der Waals surface area (Å²) in [6, 6.07) is 5.50. The van der Waals surface area contributed by atoms with Crippen molar-refractivity contribution in [2.45, 2.75) is 17.9 Å². The minimum Gasteiger partial charge on any atom is -0.449 e. The van der Waals surface area contributed by atoms with Crippen LogP contribution in [0.3, 0.4) is 0 Å². The third kappa shape index (κ3) is 7.53. The number of esters is 1. The second kappa shape index (κ2) is 11.1. The first kappa shape index (κ1) is 21.5. The Bertz CT molecular complexity index is 667. The van der Waals surface area contributed by atoms with Crippen LogP contribution in [0.2, 0.25) is 0 Å². The van der Waals surface area contributed by atoms with Gasteiger partial charge in [0.1, 0.15) is 0 Å². The van der Waals surface area contributed by atoms with Crippen LogP contribution >= 0.6 is 11.8 Å². The molecule has 0 spiro atoms. The van der Waals surface area contributed by atoms with Gasteiger partial charge in [0.05, 0.1) is 17.9 Å². The summed E-state index contributed by atoms with van der Waals surface area (Å²) in [6.07, 6.45) is -1.20. The van der Waals surface area contributed by atoms with Gasteiger partial charge in [0.2, 0.25) is 5.91 Å². The molecular weight excluding hydrogens is 362 g/mol. The zero-order chi connectivity index (χ0) is 19.5. The van der Waals surface area contributed by atoms with Gasteiger partial charge in [-0.3, -0.25) is 14.9 Å². The Balaban J connectivity index is 2.67. The van der Waals surface area contributed by atoms with Crippen LogP contribution in [-0.4, -0.2) is 55.9 Å². The van der Waals surface area contributed by atoms with Crippen LogP contribution in [0.1, 0.15) is 17.3 Å². The number of carbonyl (C=O) groups excluding carboxylic acids is 4. The summed E-state index contributed by atoms with van der Waals surface area (Å²) in [5.41, 5.74) is 5.06. The quantitative estimate of drug-likeness (QED) is 0.316. The predicted molar refractivity (Wildman–Crippen MR) is 94.7 cm³/mol. The van der Waals surface area contributed by atoms with E-state index < -0.39 is 24.0 Å². The number of amides is 4. The molecule has 142 valence electrons. The van der Waals surface area contributed by atoms with Gasteiger partial charge in [-0.1, -0.05) is 12.1 Å². The fraction of sp³-hybridized carbons (Fsp3) is 0.375. The predicted octanol–water partition coefficient (Wildman–Crippen LogP) is 0.282. The molecule has 0 aromatic heterocycles. The molecule has 0 aliphatic carbocycles. The summed E-state index contributed by atoms with van der Waals surface area (Å²) in [4.78, 5) is 46.8. The van der Waals surface area contributed by atoms with E-state index in [0.717, 1.165) is 11.8 Å². The average molecular weight is 383 g/mol. The number of hydrogen-bond donors (Lipinski definition) is 3. The molecule has 0 aliphatic rings. The number of methoxy groups -OCH3 is 1. The van der Waals surface area contributed by atoms with Gasteiger partial charge in [-0.15, -0.1) is 11.8 Å². The zero-order valence-electron chi connectivity index (χ0n) is 14.4. The Morgan fingerprint density at radius 3 is 2.58 bits per heavy atom.